The van der Waals surface area contributed by atoms with Gasteiger partial charge in [0, 0.05) is 28.7 Å². The largest absolute Gasteiger partial charge is 0.445 e. The van der Waals surface area contributed by atoms with Crippen LogP contribution in [0.4, 0.5) is 4.79 Å². The lowest BCUT2D eigenvalue weighted by molar-refractivity contribution is 0.0880. The lowest BCUT2D eigenvalue weighted by atomic mass is 10.1. The van der Waals surface area contributed by atoms with E-state index in [0.29, 0.717) is 18.7 Å². The molecule has 126 valence electrons. The molecule has 1 aromatic rings. The Morgan fingerprint density at radius 2 is 1.96 bits per heavy atom. The number of amides is 1. The van der Waals surface area contributed by atoms with Gasteiger partial charge in [0.2, 0.25) is 0 Å². The molecule has 1 unspecified atom stereocenters. The van der Waals surface area contributed by atoms with Gasteiger partial charge >= 0.3 is 6.09 Å². The summed E-state index contributed by atoms with van der Waals surface area (Å²) >= 11 is 3.36. The van der Waals surface area contributed by atoms with Gasteiger partial charge in [-0.15, -0.1) is 0 Å². The van der Waals surface area contributed by atoms with Gasteiger partial charge in [-0.05, 0) is 39.3 Å². The lowest BCUT2D eigenvalue weighted by Crippen LogP contribution is -2.42. The third-order valence-electron chi connectivity index (χ3n) is 3.51. The van der Waals surface area contributed by atoms with Crippen molar-refractivity contribution in [3.05, 3.63) is 34.3 Å². The summed E-state index contributed by atoms with van der Waals surface area (Å²) in [5, 5.41) is 2.78. The van der Waals surface area contributed by atoms with Crippen LogP contribution < -0.4 is 5.32 Å². The average molecular weight is 383 g/mol. The topological polar surface area (TPSA) is 58.6 Å². The number of benzene rings is 1. The van der Waals surface area contributed by atoms with Gasteiger partial charge in [-0.3, -0.25) is 9.69 Å². The highest BCUT2D eigenvalue weighted by atomic mass is 79.9. The van der Waals surface area contributed by atoms with Gasteiger partial charge in [-0.1, -0.05) is 28.1 Å². The van der Waals surface area contributed by atoms with Gasteiger partial charge in [0.15, 0.2) is 5.78 Å². The number of nitrogens with one attached hydrogen (secondary N) is 1. The van der Waals surface area contributed by atoms with Crippen molar-refractivity contribution in [1.82, 2.24) is 10.2 Å². The van der Waals surface area contributed by atoms with E-state index >= 15 is 0 Å². The molecular weight excluding hydrogens is 360 g/mol. The summed E-state index contributed by atoms with van der Waals surface area (Å²) in [6.07, 6.45) is 0.198. The van der Waals surface area contributed by atoms with Crippen LogP contribution in [0.1, 0.15) is 37.6 Å². The van der Waals surface area contributed by atoms with E-state index in [-0.39, 0.29) is 17.4 Å². The van der Waals surface area contributed by atoms with Crippen LogP contribution >= 0.6 is 15.9 Å². The molecule has 1 fully saturated rings. The van der Waals surface area contributed by atoms with Gasteiger partial charge in [0.25, 0.3) is 0 Å². The molecule has 0 saturated carbocycles. The molecule has 1 heterocycles. The van der Waals surface area contributed by atoms with Crippen LogP contribution in [0.15, 0.2) is 28.7 Å². The van der Waals surface area contributed by atoms with Crippen molar-refractivity contribution in [3.8, 4) is 0 Å². The van der Waals surface area contributed by atoms with Crippen molar-refractivity contribution < 1.29 is 14.3 Å². The van der Waals surface area contributed by atoms with Gasteiger partial charge in [0.05, 0.1) is 6.54 Å². The Balaban J connectivity index is 1.80. The van der Waals surface area contributed by atoms with E-state index in [4.69, 9.17) is 4.74 Å². The van der Waals surface area contributed by atoms with E-state index in [1.54, 1.807) is 0 Å². The third kappa shape index (κ3) is 5.95. The Morgan fingerprint density at radius 3 is 2.57 bits per heavy atom. The van der Waals surface area contributed by atoms with Crippen molar-refractivity contribution >= 4 is 27.8 Å². The van der Waals surface area contributed by atoms with Gasteiger partial charge in [-0.2, -0.15) is 0 Å². The van der Waals surface area contributed by atoms with Crippen molar-refractivity contribution in [2.75, 3.05) is 19.6 Å². The zero-order valence-electron chi connectivity index (χ0n) is 13.8. The van der Waals surface area contributed by atoms with E-state index in [1.807, 2.05) is 49.9 Å². The Bertz CT molecular complexity index is 566. The highest BCUT2D eigenvalue weighted by molar-refractivity contribution is 9.10. The Morgan fingerprint density at radius 1 is 1.30 bits per heavy atom. The van der Waals surface area contributed by atoms with Crippen LogP contribution in [0.25, 0.3) is 0 Å². The number of halogens is 1. The zero-order valence-corrected chi connectivity index (χ0v) is 15.4. The molecule has 23 heavy (non-hydrogen) atoms. The first-order valence-electron chi connectivity index (χ1n) is 7.73. The molecule has 0 aliphatic carbocycles. The van der Waals surface area contributed by atoms with E-state index in [2.05, 4.69) is 21.2 Å². The molecule has 6 heteroatoms. The van der Waals surface area contributed by atoms with Crippen LogP contribution in [0.3, 0.4) is 0 Å². The summed E-state index contributed by atoms with van der Waals surface area (Å²) < 4.78 is 6.36. The fourth-order valence-corrected chi connectivity index (χ4v) is 2.72. The zero-order chi connectivity index (χ0) is 17.0. The van der Waals surface area contributed by atoms with Crippen molar-refractivity contribution in [2.24, 2.45) is 0 Å². The molecular formula is C17H23BrN2O3. The highest BCUT2D eigenvalue weighted by Gasteiger charge is 2.28. The SMILES string of the molecule is CC(C)(C)NC(=O)OC1CCN(CC(=O)c2ccc(Br)cc2)C1. The number of ether oxygens (including phenoxy) is 1. The smallest absolute Gasteiger partial charge is 0.407 e. The molecule has 5 nitrogen and oxygen atoms in total. The Kier molecular flexibility index (Phi) is 5.81. The quantitative estimate of drug-likeness (QED) is 0.812. The van der Waals surface area contributed by atoms with Crippen molar-refractivity contribution in [2.45, 2.75) is 38.8 Å². The molecule has 1 aliphatic rings. The van der Waals surface area contributed by atoms with Crippen LogP contribution in [0.5, 0.6) is 0 Å². The maximum absolute atomic E-state index is 12.3. The number of ketones is 1. The average Bonchev–Trinajstić information content (AvgIpc) is 2.84. The van der Waals surface area contributed by atoms with Crippen molar-refractivity contribution in [3.63, 3.8) is 0 Å². The molecule has 0 radical (unpaired) electrons. The lowest BCUT2D eigenvalue weighted by Gasteiger charge is -2.22. The fourth-order valence-electron chi connectivity index (χ4n) is 2.45. The molecule has 0 spiro atoms. The standard InChI is InChI=1S/C17H23BrN2O3/c1-17(2,3)19-16(22)23-14-8-9-20(10-14)11-15(21)12-4-6-13(18)7-5-12/h4-7,14H,8-11H2,1-3H3,(H,19,22). The van der Waals surface area contributed by atoms with Crippen LogP contribution in [-0.4, -0.2) is 48.1 Å². The monoisotopic (exact) mass is 382 g/mol. The first-order chi connectivity index (χ1) is 10.7. The van der Waals surface area contributed by atoms with Crippen LogP contribution in [0.2, 0.25) is 0 Å². The van der Waals surface area contributed by atoms with E-state index < -0.39 is 6.09 Å². The number of carbonyl (C=O) groups is 2. The summed E-state index contributed by atoms with van der Waals surface area (Å²) in [7, 11) is 0. The minimum atomic E-state index is -0.399. The molecule has 0 aromatic heterocycles. The molecule has 1 saturated heterocycles. The number of rotatable bonds is 4. The number of alkyl carbamates (subject to hydrolysis) is 1. The third-order valence-corrected chi connectivity index (χ3v) is 4.04. The minimum Gasteiger partial charge on any atom is -0.445 e. The van der Waals surface area contributed by atoms with Crippen LogP contribution in [-0.2, 0) is 4.74 Å². The summed E-state index contributed by atoms with van der Waals surface area (Å²) in [5.41, 5.74) is 0.385. The predicted octanol–water partition coefficient (Wildman–Crippen LogP) is 3.23. The molecule has 1 aliphatic heterocycles. The van der Waals surface area contributed by atoms with E-state index in [1.165, 1.54) is 0 Å². The second-order valence-electron chi connectivity index (χ2n) is 6.86. The molecule has 1 atom stereocenters. The first-order valence-corrected chi connectivity index (χ1v) is 8.52. The van der Waals surface area contributed by atoms with Gasteiger partial charge in [0.1, 0.15) is 6.10 Å². The fraction of sp³-hybridized carbons (Fsp3) is 0.529. The van der Waals surface area contributed by atoms with Gasteiger partial charge < -0.3 is 10.1 Å². The normalized spacial score (nSPS) is 18.7. The molecule has 1 aromatic carbocycles. The summed E-state index contributed by atoms with van der Waals surface area (Å²) in [5.74, 6) is 0.0808. The van der Waals surface area contributed by atoms with Gasteiger partial charge in [-0.25, -0.2) is 4.79 Å². The molecule has 0 bridgehead atoms. The second-order valence-corrected chi connectivity index (χ2v) is 7.77. The van der Waals surface area contributed by atoms with E-state index in [0.717, 1.165) is 17.4 Å². The number of hydrogen-bond acceptors (Lipinski definition) is 4. The van der Waals surface area contributed by atoms with Crippen molar-refractivity contribution in [1.29, 1.82) is 0 Å². The number of Topliss-reactive ketones (excluding diaryl/α,β-unsaturated/α-hetero) is 1. The Labute approximate surface area is 145 Å². The highest BCUT2D eigenvalue weighted by Crippen LogP contribution is 2.16. The number of hydrogen-bond donors (Lipinski definition) is 1. The first kappa shape index (κ1) is 17.9. The summed E-state index contributed by atoms with van der Waals surface area (Å²) in [4.78, 5) is 26.1. The summed E-state index contributed by atoms with van der Waals surface area (Å²) in [6.45, 7) is 7.43. The summed E-state index contributed by atoms with van der Waals surface area (Å²) in [6, 6.07) is 7.35. The maximum Gasteiger partial charge on any atom is 0.407 e. The molecule has 2 rings (SSSR count). The number of nitrogens with zero attached hydrogens (tertiary/aromatic N) is 1. The van der Waals surface area contributed by atoms with Crippen LogP contribution in [0, 0.1) is 0 Å². The number of likely N-dealkylation sites (tertiary alicyclic amines) is 1. The molecule has 1 amide bonds. The number of carbonyl (C=O) groups excluding carboxylic acids is 2. The molecule has 1 N–H and O–H groups in total. The van der Waals surface area contributed by atoms with E-state index in [9.17, 15) is 9.59 Å². The predicted molar refractivity (Wildman–Crippen MR) is 92.7 cm³/mol. The minimum absolute atomic E-state index is 0.0808. The Hall–Kier alpha value is -1.40. The second kappa shape index (κ2) is 7.45. The maximum atomic E-state index is 12.3.